The summed E-state index contributed by atoms with van der Waals surface area (Å²) < 4.78 is 10.8. The predicted molar refractivity (Wildman–Crippen MR) is 88.4 cm³/mol. The normalized spacial score (nSPS) is 21.6. The molecule has 1 saturated heterocycles. The number of carbonyl (C=O) groups is 1. The molecule has 5 heteroatoms. The maximum Gasteiger partial charge on any atom is 0.231 e. The Labute approximate surface area is 136 Å². The Morgan fingerprint density at radius 2 is 2.00 bits per heavy atom. The van der Waals surface area contributed by atoms with E-state index in [1.54, 1.807) is 0 Å². The Balaban J connectivity index is 1.69. The smallest absolute Gasteiger partial charge is 0.231 e. The molecule has 0 N–H and O–H groups in total. The van der Waals surface area contributed by atoms with Crippen LogP contribution in [0.2, 0.25) is 0 Å². The summed E-state index contributed by atoms with van der Waals surface area (Å²) in [5.74, 6) is 2.89. The van der Waals surface area contributed by atoms with Gasteiger partial charge in [-0.2, -0.15) is 11.8 Å². The summed E-state index contributed by atoms with van der Waals surface area (Å²) in [6.45, 7) is 7.93. The fraction of sp³-hybridized carbons (Fsp3) is 0.588. The maximum atomic E-state index is 12.4. The van der Waals surface area contributed by atoms with Crippen LogP contribution in [0.15, 0.2) is 18.2 Å². The lowest BCUT2D eigenvalue weighted by Crippen LogP contribution is -2.40. The van der Waals surface area contributed by atoms with Crippen LogP contribution < -0.4 is 9.47 Å². The van der Waals surface area contributed by atoms with Crippen LogP contribution in [0.1, 0.15) is 38.0 Å². The summed E-state index contributed by atoms with van der Waals surface area (Å²) >= 11 is 1.92. The Bertz CT molecular complexity index is 568. The minimum absolute atomic E-state index is 0.249. The van der Waals surface area contributed by atoms with Crippen molar-refractivity contribution in [2.75, 3.05) is 25.6 Å². The lowest BCUT2D eigenvalue weighted by atomic mass is 9.94. The van der Waals surface area contributed by atoms with Gasteiger partial charge >= 0.3 is 0 Å². The summed E-state index contributed by atoms with van der Waals surface area (Å²) in [6.07, 6.45) is 0.978. The van der Waals surface area contributed by atoms with Gasteiger partial charge in [0.25, 0.3) is 0 Å². The van der Waals surface area contributed by atoms with Crippen LogP contribution in [0.5, 0.6) is 11.5 Å². The summed E-state index contributed by atoms with van der Waals surface area (Å²) in [5.41, 5.74) is 0.961. The Hall–Kier alpha value is -1.36. The SMILES string of the molecule is CC(C)(C)C(=O)N1CCSC(c2ccc3c(c2)OCO3)CC1. The van der Waals surface area contributed by atoms with E-state index in [4.69, 9.17) is 9.47 Å². The molecule has 22 heavy (non-hydrogen) atoms. The highest BCUT2D eigenvalue weighted by molar-refractivity contribution is 7.99. The average Bonchev–Trinajstić information content (AvgIpc) is 2.80. The molecule has 2 aliphatic rings. The van der Waals surface area contributed by atoms with Crippen molar-refractivity contribution < 1.29 is 14.3 Å². The van der Waals surface area contributed by atoms with Gasteiger partial charge in [-0.15, -0.1) is 0 Å². The molecule has 1 fully saturated rings. The lowest BCUT2D eigenvalue weighted by molar-refractivity contribution is -0.139. The first-order valence-electron chi connectivity index (χ1n) is 7.76. The topological polar surface area (TPSA) is 38.8 Å². The minimum atomic E-state index is -0.302. The number of amides is 1. The van der Waals surface area contributed by atoms with Gasteiger partial charge in [-0.1, -0.05) is 26.8 Å². The highest BCUT2D eigenvalue weighted by Gasteiger charge is 2.29. The monoisotopic (exact) mass is 321 g/mol. The minimum Gasteiger partial charge on any atom is -0.454 e. The molecule has 1 unspecified atom stereocenters. The molecule has 0 aromatic heterocycles. The van der Waals surface area contributed by atoms with E-state index < -0.39 is 0 Å². The van der Waals surface area contributed by atoms with E-state index >= 15 is 0 Å². The number of rotatable bonds is 1. The molecular formula is C17H23NO3S. The van der Waals surface area contributed by atoms with Gasteiger partial charge < -0.3 is 14.4 Å². The third kappa shape index (κ3) is 3.19. The van der Waals surface area contributed by atoms with Gasteiger partial charge in [0, 0.05) is 29.5 Å². The lowest BCUT2D eigenvalue weighted by Gasteiger charge is -2.28. The van der Waals surface area contributed by atoms with Crippen molar-refractivity contribution >= 4 is 17.7 Å². The fourth-order valence-corrected chi connectivity index (χ4v) is 4.05. The van der Waals surface area contributed by atoms with Crippen LogP contribution in [-0.4, -0.2) is 36.4 Å². The van der Waals surface area contributed by atoms with Crippen LogP contribution in [-0.2, 0) is 4.79 Å². The third-order valence-corrected chi connectivity index (χ3v) is 5.37. The zero-order valence-corrected chi connectivity index (χ0v) is 14.2. The molecule has 0 aliphatic carbocycles. The number of thioether (sulfide) groups is 1. The van der Waals surface area contributed by atoms with Crippen molar-refractivity contribution in [1.29, 1.82) is 0 Å². The van der Waals surface area contributed by atoms with Crippen molar-refractivity contribution in [3.05, 3.63) is 23.8 Å². The molecule has 120 valence electrons. The highest BCUT2D eigenvalue weighted by Crippen LogP contribution is 2.40. The van der Waals surface area contributed by atoms with Gasteiger partial charge in [-0.3, -0.25) is 4.79 Å². The molecule has 1 aromatic rings. The third-order valence-electron chi connectivity index (χ3n) is 4.04. The van der Waals surface area contributed by atoms with Crippen LogP contribution in [0.25, 0.3) is 0 Å². The summed E-state index contributed by atoms with van der Waals surface area (Å²) in [5, 5.41) is 0.410. The zero-order chi connectivity index (χ0) is 15.7. The van der Waals surface area contributed by atoms with Gasteiger partial charge in [0.1, 0.15) is 0 Å². The molecule has 0 spiro atoms. The molecule has 2 aliphatic heterocycles. The van der Waals surface area contributed by atoms with Gasteiger partial charge in [-0.25, -0.2) is 0 Å². The summed E-state index contributed by atoms with van der Waals surface area (Å²) in [4.78, 5) is 14.5. The fourth-order valence-electron chi connectivity index (χ4n) is 2.83. The van der Waals surface area contributed by atoms with Crippen LogP contribution in [0, 0.1) is 5.41 Å². The number of hydrogen-bond acceptors (Lipinski definition) is 4. The first-order chi connectivity index (χ1) is 10.4. The highest BCUT2D eigenvalue weighted by atomic mass is 32.2. The standard InChI is InChI=1S/C17H23NO3S/c1-17(2,3)16(19)18-7-6-15(22-9-8-18)12-4-5-13-14(10-12)21-11-20-13/h4-5,10,15H,6-9,11H2,1-3H3. The first kappa shape index (κ1) is 15.5. The number of hydrogen-bond donors (Lipinski definition) is 0. The first-order valence-corrected chi connectivity index (χ1v) is 8.80. The second-order valence-electron chi connectivity index (χ2n) is 6.80. The van der Waals surface area contributed by atoms with Gasteiger partial charge in [-0.05, 0) is 24.1 Å². The van der Waals surface area contributed by atoms with E-state index in [9.17, 15) is 4.79 Å². The van der Waals surface area contributed by atoms with Gasteiger partial charge in [0.2, 0.25) is 12.7 Å². The van der Waals surface area contributed by atoms with Crippen LogP contribution in [0.3, 0.4) is 0 Å². The van der Waals surface area contributed by atoms with E-state index in [1.165, 1.54) is 5.56 Å². The number of fused-ring (bicyclic) bond motifs is 1. The molecule has 3 rings (SSSR count). The second-order valence-corrected chi connectivity index (χ2v) is 8.11. The van der Waals surface area contributed by atoms with E-state index in [-0.39, 0.29) is 11.3 Å². The molecule has 1 amide bonds. The molecular weight excluding hydrogens is 298 g/mol. The number of benzene rings is 1. The van der Waals surface area contributed by atoms with E-state index in [0.29, 0.717) is 12.0 Å². The van der Waals surface area contributed by atoms with Gasteiger partial charge in [0.05, 0.1) is 0 Å². The molecule has 2 heterocycles. The van der Waals surface area contributed by atoms with Gasteiger partial charge in [0.15, 0.2) is 11.5 Å². The van der Waals surface area contributed by atoms with Crippen molar-refractivity contribution in [3.63, 3.8) is 0 Å². The van der Waals surface area contributed by atoms with Crippen molar-refractivity contribution in [2.45, 2.75) is 32.4 Å². The second kappa shape index (κ2) is 6.03. The number of carbonyl (C=O) groups excluding carboxylic acids is 1. The molecule has 1 atom stereocenters. The largest absolute Gasteiger partial charge is 0.454 e. The summed E-state index contributed by atoms with van der Waals surface area (Å²) in [7, 11) is 0. The average molecular weight is 321 g/mol. The zero-order valence-electron chi connectivity index (χ0n) is 13.4. The Kier molecular flexibility index (Phi) is 4.26. The molecule has 0 radical (unpaired) electrons. The van der Waals surface area contributed by atoms with E-state index in [1.807, 2.05) is 43.5 Å². The molecule has 0 bridgehead atoms. The number of ether oxygens (including phenoxy) is 2. The Morgan fingerprint density at radius 1 is 1.23 bits per heavy atom. The quantitative estimate of drug-likeness (QED) is 0.794. The molecule has 4 nitrogen and oxygen atoms in total. The van der Waals surface area contributed by atoms with Crippen LogP contribution in [0.4, 0.5) is 0 Å². The summed E-state index contributed by atoms with van der Waals surface area (Å²) in [6, 6.07) is 6.19. The van der Waals surface area contributed by atoms with Crippen molar-refractivity contribution in [2.24, 2.45) is 5.41 Å². The van der Waals surface area contributed by atoms with Crippen LogP contribution >= 0.6 is 11.8 Å². The van der Waals surface area contributed by atoms with E-state index in [2.05, 4.69) is 12.1 Å². The van der Waals surface area contributed by atoms with E-state index in [0.717, 1.165) is 36.8 Å². The molecule has 1 aromatic carbocycles. The molecule has 0 saturated carbocycles. The predicted octanol–water partition coefficient (Wildman–Crippen LogP) is 3.47. The Morgan fingerprint density at radius 3 is 2.77 bits per heavy atom. The van der Waals surface area contributed by atoms with Crippen molar-refractivity contribution in [3.8, 4) is 11.5 Å². The number of nitrogens with zero attached hydrogens (tertiary/aromatic N) is 1. The maximum absolute atomic E-state index is 12.4. The van der Waals surface area contributed by atoms with Crippen molar-refractivity contribution in [1.82, 2.24) is 4.90 Å².